The number of amides is 2. The first-order valence-electron chi connectivity index (χ1n) is 15.5. The van der Waals surface area contributed by atoms with Crippen molar-refractivity contribution >= 4 is 34.0 Å². The SMILES string of the molecule is CC1(C(=O)Nc2nc(-c3cccc(C(=O)Nc4ccc(-c5ccccc5)cc4)c3)cs2)CC2c3ccccc3C1c1ccccc12. The molecule has 1 heterocycles. The number of anilines is 2. The summed E-state index contributed by atoms with van der Waals surface area (Å²) in [6.07, 6.45) is 0.752. The number of hydrogen-bond donors (Lipinski definition) is 2. The molecule has 1 aromatic heterocycles. The highest BCUT2D eigenvalue weighted by molar-refractivity contribution is 7.14. The normalized spacial score (nSPS) is 19.2. The molecule has 0 spiro atoms. The smallest absolute Gasteiger partial charge is 0.255 e. The van der Waals surface area contributed by atoms with E-state index in [0.29, 0.717) is 16.4 Å². The third-order valence-electron chi connectivity index (χ3n) is 9.54. The fraction of sp³-hybridized carbons (Fsp3) is 0.125. The van der Waals surface area contributed by atoms with Crippen LogP contribution in [-0.2, 0) is 4.79 Å². The van der Waals surface area contributed by atoms with Crippen LogP contribution in [0.5, 0.6) is 0 Å². The molecule has 2 N–H and O–H groups in total. The predicted molar refractivity (Wildman–Crippen MR) is 185 cm³/mol. The van der Waals surface area contributed by atoms with Crippen molar-refractivity contribution < 1.29 is 9.59 Å². The third kappa shape index (κ3) is 4.82. The summed E-state index contributed by atoms with van der Waals surface area (Å²) in [4.78, 5) is 32.0. The number of nitrogens with zero attached hydrogens (tertiary/aromatic N) is 1. The maximum atomic E-state index is 14.1. The zero-order valence-corrected chi connectivity index (χ0v) is 26.1. The summed E-state index contributed by atoms with van der Waals surface area (Å²) in [5.74, 6) is -0.0394. The van der Waals surface area contributed by atoms with Gasteiger partial charge in [0.2, 0.25) is 5.91 Å². The number of nitrogens with one attached hydrogen (secondary N) is 2. The number of fused-ring (bicyclic) bond motifs is 1. The zero-order valence-electron chi connectivity index (χ0n) is 25.2. The second-order valence-corrected chi connectivity index (χ2v) is 13.2. The van der Waals surface area contributed by atoms with Gasteiger partial charge < -0.3 is 10.6 Å². The molecule has 6 aromatic rings. The van der Waals surface area contributed by atoms with Crippen LogP contribution in [0, 0.1) is 5.41 Å². The lowest BCUT2D eigenvalue weighted by atomic mass is 9.52. The summed E-state index contributed by atoms with van der Waals surface area (Å²) < 4.78 is 0. The molecule has 6 heteroatoms. The molecule has 1 unspecified atom stereocenters. The molecule has 0 radical (unpaired) electrons. The van der Waals surface area contributed by atoms with Crippen LogP contribution in [0.15, 0.2) is 133 Å². The number of rotatable bonds is 6. The van der Waals surface area contributed by atoms with E-state index in [1.165, 1.54) is 33.6 Å². The number of aromatic nitrogens is 1. The summed E-state index contributed by atoms with van der Waals surface area (Å²) in [5, 5.41) is 8.64. The standard InChI is InChI=1S/C40H31N3O2S/c1-40(23-34-30-14-5-7-16-32(30)36(40)33-17-8-6-15-31(33)34)38(45)43-39-42-35(24-46-39)27-12-9-13-28(22-27)37(44)41-29-20-18-26(19-21-29)25-10-3-2-4-11-25/h2-22,24,34,36H,23H2,1H3,(H,41,44)(H,42,43,45). The summed E-state index contributed by atoms with van der Waals surface area (Å²) in [5.41, 5.74) is 9.56. The van der Waals surface area contributed by atoms with E-state index in [9.17, 15) is 9.59 Å². The van der Waals surface area contributed by atoms with Crippen LogP contribution in [0.3, 0.4) is 0 Å². The van der Waals surface area contributed by atoms with Crippen molar-refractivity contribution in [2.45, 2.75) is 25.2 Å². The number of benzene rings is 5. The van der Waals surface area contributed by atoms with Gasteiger partial charge in [-0.2, -0.15) is 0 Å². The van der Waals surface area contributed by atoms with E-state index in [1.54, 1.807) is 6.07 Å². The van der Waals surface area contributed by atoms with Gasteiger partial charge in [0.15, 0.2) is 5.13 Å². The van der Waals surface area contributed by atoms with Crippen LogP contribution < -0.4 is 10.6 Å². The van der Waals surface area contributed by atoms with E-state index in [2.05, 4.69) is 78.2 Å². The highest BCUT2D eigenvalue weighted by Gasteiger charge is 2.54. The van der Waals surface area contributed by atoms with Gasteiger partial charge in [-0.1, -0.05) is 103 Å². The van der Waals surface area contributed by atoms with Crippen molar-refractivity contribution in [1.82, 2.24) is 4.98 Å². The number of carbonyl (C=O) groups excluding carboxylic acids is 2. The Bertz CT molecular complexity index is 2060. The Morgan fingerprint density at radius 1 is 0.696 bits per heavy atom. The van der Waals surface area contributed by atoms with Gasteiger partial charge in [-0.05, 0) is 71.0 Å². The number of hydrogen-bond acceptors (Lipinski definition) is 4. The Morgan fingerprint density at radius 2 is 1.30 bits per heavy atom. The molecule has 9 rings (SSSR count). The van der Waals surface area contributed by atoms with E-state index < -0.39 is 5.41 Å². The van der Waals surface area contributed by atoms with E-state index >= 15 is 0 Å². The van der Waals surface area contributed by atoms with Crippen LogP contribution in [0.4, 0.5) is 10.8 Å². The monoisotopic (exact) mass is 617 g/mol. The molecule has 0 aliphatic heterocycles. The average molecular weight is 618 g/mol. The topological polar surface area (TPSA) is 71.1 Å². The molecule has 3 aliphatic rings. The van der Waals surface area contributed by atoms with Gasteiger partial charge in [0, 0.05) is 34.0 Å². The molecule has 0 saturated heterocycles. The van der Waals surface area contributed by atoms with Gasteiger partial charge in [0.05, 0.1) is 11.1 Å². The first-order valence-corrected chi connectivity index (χ1v) is 16.4. The van der Waals surface area contributed by atoms with Crippen LogP contribution in [0.1, 0.15) is 57.8 Å². The lowest BCUT2D eigenvalue weighted by Crippen LogP contribution is -2.47. The highest BCUT2D eigenvalue weighted by Crippen LogP contribution is 2.61. The van der Waals surface area contributed by atoms with E-state index in [-0.39, 0.29) is 23.7 Å². The zero-order chi connectivity index (χ0) is 31.3. The van der Waals surface area contributed by atoms with E-state index in [0.717, 1.165) is 28.8 Å². The van der Waals surface area contributed by atoms with Gasteiger partial charge >= 0.3 is 0 Å². The summed E-state index contributed by atoms with van der Waals surface area (Å²) in [6.45, 7) is 2.09. The molecule has 3 aliphatic carbocycles. The fourth-order valence-corrected chi connectivity index (χ4v) is 8.01. The van der Waals surface area contributed by atoms with Gasteiger partial charge in [-0.3, -0.25) is 9.59 Å². The number of carbonyl (C=O) groups is 2. The van der Waals surface area contributed by atoms with E-state index in [1.807, 2.05) is 66.0 Å². The van der Waals surface area contributed by atoms with Crippen LogP contribution in [0.2, 0.25) is 0 Å². The van der Waals surface area contributed by atoms with E-state index in [4.69, 9.17) is 4.98 Å². The molecule has 5 nitrogen and oxygen atoms in total. The lowest BCUT2D eigenvalue weighted by Gasteiger charge is -2.50. The van der Waals surface area contributed by atoms with Crippen molar-refractivity contribution in [1.29, 1.82) is 0 Å². The molecule has 0 saturated carbocycles. The molecule has 5 aromatic carbocycles. The van der Waals surface area contributed by atoms with Crippen LogP contribution in [-0.4, -0.2) is 16.8 Å². The number of thiazole rings is 1. The molecule has 2 amide bonds. The fourth-order valence-electron chi connectivity index (χ4n) is 7.29. The van der Waals surface area contributed by atoms with Crippen molar-refractivity contribution in [2.75, 3.05) is 10.6 Å². The minimum Gasteiger partial charge on any atom is -0.322 e. The molecule has 2 bridgehead atoms. The van der Waals surface area contributed by atoms with Crippen molar-refractivity contribution in [3.63, 3.8) is 0 Å². The van der Waals surface area contributed by atoms with Gasteiger partial charge in [-0.25, -0.2) is 4.98 Å². The molecule has 46 heavy (non-hydrogen) atoms. The Morgan fingerprint density at radius 3 is 2.00 bits per heavy atom. The van der Waals surface area contributed by atoms with Gasteiger partial charge in [0.25, 0.3) is 5.91 Å². The van der Waals surface area contributed by atoms with Crippen molar-refractivity contribution in [3.05, 3.63) is 161 Å². The molecule has 1 atom stereocenters. The second-order valence-electron chi connectivity index (χ2n) is 12.3. The Hall–Kier alpha value is -5.33. The summed E-state index contributed by atoms with van der Waals surface area (Å²) in [7, 11) is 0. The average Bonchev–Trinajstić information content (AvgIpc) is 3.58. The Balaban J connectivity index is 0.989. The quantitative estimate of drug-likeness (QED) is 0.196. The minimum atomic E-state index is -0.615. The molecular formula is C40H31N3O2S. The first-order chi connectivity index (χ1) is 22.5. The maximum Gasteiger partial charge on any atom is 0.255 e. The van der Waals surface area contributed by atoms with Gasteiger partial charge in [0.1, 0.15) is 0 Å². The minimum absolute atomic E-state index is 0.0150. The molecular weight excluding hydrogens is 587 g/mol. The molecule has 224 valence electrons. The second kappa shape index (κ2) is 11.2. The van der Waals surface area contributed by atoms with Crippen LogP contribution in [0.25, 0.3) is 22.4 Å². The first kappa shape index (κ1) is 28.2. The lowest BCUT2D eigenvalue weighted by molar-refractivity contribution is -0.126. The maximum absolute atomic E-state index is 14.1. The Labute approximate surface area is 272 Å². The van der Waals surface area contributed by atoms with Crippen molar-refractivity contribution in [3.8, 4) is 22.4 Å². The highest BCUT2D eigenvalue weighted by atomic mass is 32.1. The van der Waals surface area contributed by atoms with Crippen LogP contribution >= 0.6 is 11.3 Å². The summed E-state index contributed by atoms with van der Waals surface area (Å²) >= 11 is 1.40. The van der Waals surface area contributed by atoms with Crippen molar-refractivity contribution in [2.24, 2.45) is 5.41 Å². The predicted octanol–water partition coefficient (Wildman–Crippen LogP) is 9.36. The van der Waals surface area contributed by atoms with Gasteiger partial charge in [-0.15, -0.1) is 11.3 Å². The Kier molecular flexibility index (Phi) is 6.88. The third-order valence-corrected chi connectivity index (χ3v) is 10.3. The largest absolute Gasteiger partial charge is 0.322 e. The molecule has 0 fully saturated rings. The summed E-state index contributed by atoms with van der Waals surface area (Å²) in [6, 6.07) is 42.5.